The van der Waals surface area contributed by atoms with Crippen LogP contribution in [0.2, 0.25) is 0 Å². The number of sulfone groups is 1. The maximum Gasteiger partial charge on any atom is 0.223 e. The average molecular weight is 381 g/mol. The number of hydrogen-bond donors (Lipinski definition) is 1. The first-order valence-electron chi connectivity index (χ1n) is 9.07. The van der Waals surface area contributed by atoms with Gasteiger partial charge in [0, 0.05) is 50.9 Å². The van der Waals surface area contributed by atoms with Crippen molar-refractivity contribution >= 4 is 21.4 Å². The van der Waals surface area contributed by atoms with Gasteiger partial charge in [-0.1, -0.05) is 0 Å². The van der Waals surface area contributed by atoms with Crippen molar-refractivity contribution < 1.29 is 17.9 Å². The van der Waals surface area contributed by atoms with Crippen LogP contribution in [0.1, 0.15) is 12.8 Å². The van der Waals surface area contributed by atoms with E-state index in [2.05, 4.69) is 10.2 Å². The number of nitrogens with one attached hydrogen (secondary N) is 1. The molecule has 2 heterocycles. The van der Waals surface area contributed by atoms with Crippen LogP contribution in [0.25, 0.3) is 0 Å². The summed E-state index contributed by atoms with van der Waals surface area (Å²) in [6.45, 7) is 3.59. The summed E-state index contributed by atoms with van der Waals surface area (Å²) in [6.07, 6.45) is 1.07. The zero-order valence-electron chi connectivity index (χ0n) is 15.2. The Morgan fingerprint density at radius 2 is 1.88 bits per heavy atom. The highest BCUT2D eigenvalue weighted by Crippen LogP contribution is 2.20. The van der Waals surface area contributed by atoms with Crippen LogP contribution in [-0.2, 0) is 14.6 Å². The topological polar surface area (TPSA) is 79.0 Å². The van der Waals surface area contributed by atoms with Gasteiger partial charge in [0.2, 0.25) is 5.91 Å². The maximum atomic E-state index is 12.4. The van der Waals surface area contributed by atoms with E-state index in [0.29, 0.717) is 32.5 Å². The first-order valence-corrected chi connectivity index (χ1v) is 10.9. The normalized spacial score (nSPS) is 22.4. The molecule has 2 saturated heterocycles. The molecule has 8 heteroatoms. The molecule has 0 bridgehead atoms. The molecule has 2 aliphatic rings. The Hall–Kier alpha value is -1.80. The molecule has 1 N–H and O–H groups in total. The number of hydrogen-bond acceptors (Lipinski definition) is 6. The number of anilines is 1. The molecule has 2 aliphatic heterocycles. The molecule has 144 valence electrons. The molecular weight excluding hydrogens is 354 g/mol. The van der Waals surface area contributed by atoms with Crippen molar-refractivity contribution in [3.8, 4) is 5.75 Å². The Balaban J connectivity index is 1.39. The molecule has 1 aromatic rings. The van der Waals surface area contributed by atoms with Crippen molar-refractivity contribution in [2.24, 2.45) is 0 Å². The van der Waals surface area contributed by atoms with Gasteiger partial charge >= 0.3 is 0 Å². The van der Waals surface area contributed by atoms with Gasteiger partial charge in [0.1, 0.15) is 5.75 Å². The van der Waals surface area contributed by atoms with Gasteiger partial charge < -0.3 is 19.9 Å². The SMILES string of the molecule is COc1ccc(N2CCN(C(=O)CCNC3CCS(=O)(=O)C3)CC2)cc1. The molecule has 2 fully saturated rings. The van der Waals surface area contributed by atoms with Gasteiger partial charge in [-0.15, -0.1) is 0 Å². The van der Waals surface area contributed by atoms with E-state index >= 15 is 0 Å². The van der Waals surface area contributed by atoms with Crippen LogP contribution < -0.4 is 15.0 Å². The predicted molar refractivity (Wildman–Crippen MR) is 101 cm³/mol. The molecule has 1 amide bonds. The summed E-state index contributed by atoms with van der Waals surface area (Å²) in [5.74, 6) is 1.42. The molecule has 0 aliphatic carbocycles. The fourth-order valence-electron chi connectivity index (χ4n) is 3.50. The number of ether oxygens (including phenoxy) is 1. The second kappa shape index (κ2) is 8.26. The van der Waals surface area contributed by atoms with Crippen LogP contribution in [0.5, 0.6) is 5.75 Å². The molecule has 0 aromatic heterocycles. The number of carbonyl (C=O) groups is 1. The number of methoxy groups -OCH3 is 1. The molecule has 1 aromatic carbocycles. The first kappa shape index (κ1) is 19.0. The molecule has 7 nitrogen and oxygen atoms in total. The summed E-state index contributed by atoms with van der Waals surface area (Å²) in [6, 6.07) is 7.97. The van der Waals surface area contributed by atoms with Crippen LogP contribution in [0.15, 0.2) is 24.3 Å². The van der Waals surface area contributed by atoms with Crippen LogP contribution >= 0.6 is 0 Å². The zero-order valence-corrected chi connectivity index (χ0v) is 16.0. The third-order valence-corrected chi connectivity index (χ3v) is 6.84. The fourth-order valence-corrected chi connectivity index (χ4v) is 5.21. The van der Waals surface area contributed by atoms with Crippen LogP contribution in [0.3, 0.4) is 0 Å². The summed E-state index contributed by atoms with van der Waals surface area (Å²) in [7, 11) is -1.22. The molecule has 26 heavy (non-hydrogen) atoms. The lowest BCUT2D eigenvalue weighted by Crippen LogP contribution is -2.49. The van der Waals surface area contributed by atoms with E-state index in [4.69, 9.17) is 4.74 Å². The second-order valence-electron chi connectivity index (χ2n) is 6.87. The van der Waals surface area contributed by atoms with E-state index in [-0.39, 0.29) is 23.5 Å². The second-order valence-corrected chi connectivity index (χ2v) is 9.10. The summed E-state index contributed by atoms with van der Waals surface area (Å²) in [5, 5.41) is 3.20. The molecule has 1 atom stereocenters. The van der Waals surface area contributed by atoms with Crippen molar-refractivity contribution in [1.82, 2.24) is 10.2 Å². The third-order valence-electron chi connectivity index (χ3n) is 5.07. The minimum absolute atomic E-state index is 0.000260. The van der Waals surface area contributed by atoms with E-state index in [1.165, 1.54) is 0 Å². The quantitative estimate of drug-likeness (QED) is 0.774. The largest absolute Gasteiger partial charge is 0.497 e. The van der Waals surface area contributed by atoms with Crippen LogP contribution in [0, 0.1) is 0 Å². The van der Waals surface area contributed by atoms with Crippen molar-refractivity contribution in [3.05, 3.63) is 24.3 Å². The van der Waals surface area contributed by atoms with Gasteiger partial charge in [0.15, 0.2) is 9.84 Å². The number of rotatable bonds is 6. The number of piperazine rings is 1. The summed E-state index contributed by atoms with van der Waals surface area (Å²) >= 11 is 0. The summed E-state index contributed by atoms with van der Waals surface area (Å²) in [5.41, 5.74) is 1.14. The minimum Gasteiger partial charge on any atom is -0.497 e. The Morgan fingerprint density at radius 1 is 1.19 bits per heavy atom. The average Bonchev–Trinajstić information content (AvgIpc) is 3.00. The highest BCUT2D eigenvalue weighted by atomic mass is 32.2. The van der Waals surface area contributed by atoms with Gasteiger partial charge in [0.05, 0.1) is 18.6 Å². The minimum atomic E-state index is -2.87. The Kier molecular flexibility index (Phi) is 6.03. The number of nitrogens with zero attached hydrogens (tertiary/aromatic N) is 2. The van der Waals surface area contributed by atoms with E-state index in [0.717, 1.165) is 24.5 Å². The molecule has 0 saturated carbocycles. The number of carbonyl (C=O) groups excluding carboxylic acids is 1. The molecule has 1 unspecified atom stereocenters. The van der Waals surface area contributed by atoms with E-state index in [1.54, 1.807) is 7.11 Å². The van der Waals surface area contributed by atoms with Crippen LogP contribution in [0.4, 0.5) is 5.69 Å². The monoisotopic (exact) mass is 381 g/mol. The van der Waals surface area contributed by atoms with Crippen molar-refractivity contribution in [2.45, 2.75) is 18.9 Å². The molecule has 3 rings (SSSR count). The number of amides is 1. The lowest BCUT2D eigenvalue weighted by Gasteiger charge is -2.36. The van der Waals surface area contributed by atoms with E-state index in [9.17, 15) is 13.2 Å². The Labute approximate surface area is 155 Å². The van der Waals surface area contributed by atoms with Crippen molar-refractivity contribution in [2.75, 3.05) is 56.2 Å². The third kappa shape index (κ3) is 4.88. The fraction of sp³-hybridized carbons (Fsp3) is 0.611. The smallest absolute Gasteiger partial charge is 0.223 e. The van der Waals surface area contributed by atoms with Gasteiger partial charge in [-0.2, -0.15) is 0 Å². The zero-order chi connectivity index (χ0) is 18.6. The van der Waals surface area contributed by atoms with Gasteiger partial charge in [-0.3, -0.25) is 4.79 Å². The standard InChI is InChI=1S/C18H27N3O4S/c1-25-17-4-2-16(3-5-17)20-9-11-21(12-10-20)18(22)6-8-19-15-7-13-26(23,24)14-15/h2-5,15,19H,6-14H2,1H3. The van der Waals surface area contributed by atoms with Crippen LogP contribution in [-0.4, -0.2) is 76.6 Å². The summed E-state index contributed by atoms with van der Waals surface area (Å²) < 4.78 is 28.1. The van der Waals surface area contributed by atoms with Gasteiger partial charge in [-0.25, -0.2) is 8.42 Å². The predicted octanol–water partition coefficient (Wildman–Crippen LogP) is 0.511. The Morgan fingerprint density at radius 3 is 2.46 bits per heavy atom. The van der Waals surface area contributed by atoms with Gasteiger partial charge in [-0.05, 0) is 30.7 Å². The first-order chi connectivity index (χ1) is 12.5. The maximum absolute atomic E-state index is 12.4. The highest BCUT2D eigenvalue weighted by molar-refractivity contribution is 7.91. The highest BCUT2D eigenvalue weighted by Gasteiger charge is 2.27. The molecule has 0 radical (unpaired) electrons. The lowest BCUT2D eigenvalue weighted by atomic mass is 10.2. The molecular formula is C18H27N3O4S. The number of benzene rings is 1. The van der Waals surface area contributed by atoms with Crippen molar-refractivity contribution in [3.63, 3.8) is 0 Å². The molecule has 0 spiro atoms. The van der Waals surface area contributed by atoms with Crippen molar-refractivity contribution in [1.29, 1.82) is 0 Å². The van der Waals surface area contributed by atoms with Gasteiger partial charge in [0.25, 0.3) is 0 Å². The van der Waals surface area contributed by atoms with E-state index < -0.39 is 9.84 Å². The lowest BCUT2D eigenvalue weighted by molar-refractivity contribution is -0.131. The summed E-state index contributed by atoms with van der Waals surface area (Å²) in [4.78, 5) is 16.5. The van der Waals surface area contributed by atoms with E-state index in [1.807, 2.05) is 29.2 Å². The Bertz CT molecular complexity index is 712.